The second-order valence-electron chi connectivity index (χ2n) is 7.07. The number of halogens is 3. The van der Waals surface area contributed by atoms with E-state index in [4.69, 9.17) is 4.74 Å². The van der Waals surface area contributed by atoms with Crippen LogP contribution >= 0.6 is 0 Å². The summed E-state index contributed by atoms with van der Waals surface area (Å²) in [4.78, 5) is 17.3. The summed E-state index contributed by atoms with van der Waals surface area (Å²) >= 11 is 0. The fraction of sp³-hybridized carbons (Fsp3) is 0.368. The molecular formula is C19H19F3N6O2. The topological polar surface area (TPSA) is 84.7 Å². The Morgan fingerprint density at radius 3 is 2.87 bits per heavy atom. The molecule has 2 aromatic heterocycles. The van der Waals surface area contributed by atoms with Crippen LogP contribution in [0.1, 0.15) is 12.0 Å². The Labute approximate surface area is 169 Å². The summed E-state index contributed by atoms with van der Waals surface area (Å²) in [5.74, 6) is -4.12. The van der Waals surface area contributed by atoms with E-state index >= 15 is 0 Å². The van der Waals surface area contributed by atoms with Gasteiger partial charge in [0.25, 0.3) is 5.92 Å². The molecule has 1 unspecified atom stereocenters. The average molecular weight is 420 g/mol. The Morgan fingerprint density at radius 2 is 2.10 bits per heavy atom. The van der Waals surface area contributed by atoms with Crippen molar-refractivity contribution in [1.29, 1.82) is 0 Å². The van der Waals surface area contributed by atoms with Crippen LogP contribution in [0.5, 0.6) is 0 Å². The van der Waals surface area contributed by atoms with Crippen molar-refractivity contribution in [3.63, 3.8) is 0 Å². The third kappa shape index (κ3) is 4.29. The van der Waals surface area contributed by atoms with Crippen LogP contribution < -0.4 is 5.32 Å². The number of amides is 1. The summed E-state index contributed by atoms with van der Waals surface area (Å²) < 4.78 is 49.0. The van der Waals surface area contributed by atoms with E-state index in [9.17, 15) is 18.0 Å². The van der Waals surface area contributed by atoms with Crippen molar-refractivity contribution in [2.75, 3.05) is 25.0 Å². The number of ether oxygens (including phenoxy) is 1. The number of carbonyl (C=O) groups excluding carboxylic acids is 1. The molecule has 11 heteroatoms. The molecule has 1 N–H and O–H groups in total. The van der Waals surface area contributed by atoms with Crippen LogP contribution in [0.15, 0.2) is 43.0 Å². The van der Waals surface area contributed by atoms with Gasteiger partial charge in [-0.2, -0.15) is 0 Å². The number of fused-ring (bicyclic) bond motifs is 1. The van der Waals surface area contributed by atoms with Crippen molar-refractivity contribution in [2.45, 2.75) is 19.0 Å². The molecule has 1 fully saturated rings. The maximum absolute atomic E-state index is 14.7. The lowest BCUT2D eigenvalue weighted by Gasteiger charge is -2.37. The van der Waals surface area contributed by atoms with E-state index in [1.165, 1.54) is 36.8 Å². The van der Waals surface area contributed by atoms with Gasteiger partial charge in [0.2, 0.25) is 5.65 Å². The van der Waals surface area contributed by atoms with Crippen molar-refractivity contribution < 1.29 is 22.7 Å². The highest BCUT2D eigenvalue weighted by molar-refractivity contribution is 5.68. The van der Waals surface area contributed by atoms with Crippen LogP contribution in [0.2, 0.25) is 0 Å². The van der Waals surface area contributed by atoms with Crippen molar-refractivity contribution >= 4 is 17.6 Å². The highest BCUT2D eigenvalue weighted by atomic mass is 19.3. The van der Waals surface area contributed by atoms with Gasteiger partial charge in [0.1, 0.15) is 18.8 Å². The molecule has 1 atom stereocenters. The number of anilines is 1. The van der Waals surface area contributed by atoms with Gasteiger partial charge in [-0.05, 0) is 24.1 Å². The summed E-state index contributed by atoms with van der Waals surface area (Å²) in [6.07, 6.45) is 3.95. The molecule has 1 amide bonds. The Kier molecular flexibility index (Phi) is 5.42. The van der Waals surface area contributed by atoms with Gasteiger partial charge in [0.15, 0.2) is 5.82 Å². The fourth-order valence-electron chi connectivity index (χ4n) is 3.31. The van der Waals surface area contributed by atoms with Crippen LogP contribution in [0.3, 0.4) is 0 Å². The van der Waals surface area contributed by atoms with Gasteiger partial charge in [0, 0.05) is 31.4 Å². The average Bonchev–Trinajstić information content (AvgIpc) is 3.21. The molecule has 0 aliphatic carbocycles. The number of carbonyl (C=O) groups is 1. The van der Waals surface area contributed by atoms with E-state index in [1.807, 2.05) is 0 Å². The molecule has 8 nitrogen and oxygen atoms in total. The van der Waals surface area contributed by atoms with Crippen LogP contribution in [0.4, 0.5) is 23.8 Å². The molecule has 3 aromatic rings. The summed E-state index contributed by atoms with van der Waals surface area (Å²) in [7, 11) is 0. The number of aromatic nitrogens is 4. The summed E-state index contributed by atoms with van der Waals surface area (Å²) in [6, 6.07) is 5.42. The lowest BCUT2D eigenvalue weighted by Crippen LogP contribution is -2.52. The highest BCUT2D eigenvalue weighted by Gasteiger charge is 2.46. The molecule has 1 aliphatic rings. The Bertz CT molecular complexity index is 1030. The molecule has 0 saturated carbocycles. The first kappa shape index (κ1) is 19.9. The molecule has 4 rings (SSSR count). The second kappa shape index (κ2) is 8.17. The third-order valence-corrected chi connectivity index (χ3v) is 5.01. The number of hydrogen-bond donors (Lipinski definition) is 1. The largest absolute Gasteiger partial charge is 0.445 e. The number of benzene rings is 1. The van der Waals surface area contributed by atoms with Gasteiger partial charge in [-0.25, -0.2) is 22.9 Å². The smallest absolute Gasteiger partial charge is 0.410 e. The molecule has 1 aliphatic heterocycles. The van der Waals surface area contributed by atoms with E-state index in [-0.39, 0.29) is 26.1 Å². The fourth-order valence-corrected chi connectivity index (χ4v) is 3.31. The van der Waals surface area contributed by atoms with Crippen molar-refractivity contribution in [2.24, 2.45) is 5.92 Å². The van der Waals surface area contributed by atoms with Gasteiger partial charge in [-0.1, -0.05) is 12.1 Å². The normalized spacial score (nSPS) is 18.4. The van der Waals surface area contributed by atoms with Crippen LogP contribution in [-0.4, -0.2) is 56.1 Å². The summed E-state index contributed by atoms with van der Waals surface area (Å²) in [5.41, 5.74) is 1.02. The first-order valence-electron chi connectivity index (χ1n) is 9.34. The minimum absolute atomic E-state index is 0.0228. The minimum atomic E-state index is -3.10. The van der Waals surface area contributed by atoms with Crippen LogP contribution in [-0.2, 0) is 11.3 Å². The van der Waals surface area contributed by atoms with E-state index in [0.29, 0.717) is 17.0 Å². The molecule has 1 saturated heterocycles. The number of likely N-dealkylation sites (tertiary alicyclic amines) is 1. The van der Waals surface area contributed by atoms with Crippen LogP contribution in [0, 0.1) is 11.7 Å². The molecule has 30 heavy (non-hydrogen) atoms. The Morgan fingerprint density at radius 1 is 1.30 bits per heavy atom. The number of piperidine rings is 1. The number of alkyl halides is 2. The second-order valence-corrected chi connectivity index (χ2v) is 7.07. The zero-order chi connectivity index (χ0) is 21.1. The molecule has 3 heterocycles. The van der Waals surface area contributed by atoms with Gasteiger partial charge in [-0.15, -0.1) is 10.2 Å². The van der Waals surface area contributed by atoms with E-state index < -0.39 is 30.3 Å². The highest BCUT2D eigenvalue weighted by Crippen LogP contribution is 2.33. The van der Waals surface area contributed by atoms with Gasteiger partial charge < -0.3 is 15.0 Å². The number of hydrogen-bond acceptors (Lipinski definition) is 6. The monoisotopic (exact) mass is 420 g/mol. The zero-order valence-corrected chi connectivity index (χ0v) is 15.8. The third-order valence-electron chi connectivity index (χ3n) is 5.01. The number of nitrogens with one attached hydrogen (secondary N) is 1. The zero-order valence-electron chi connectivity index (χ0n) is 15.8. The molecule has 0 bridgehead atoms. The van der Waals surface area contributed by atoms with Crippen molar-refractivity contribution in [3.8, 4) is 0 Å². The van der Waals surface area contributed by atoms with Gasteiger partial charge >= 0.3 is 6.09 Å². The maximum atomic E-state index is 14.7. The predicted molar refractivity (Wildman–Crippen MR) is 100 cm³/mol. The molecule has 0 spiro atoms. The number of rotatable bonds is 5. The maximum Gasteiger partial charge on any atom is 0.410 e. The molecule has 1 aromatic carbocycles. The van der Waals surface area contributed by atoms with E-state index in [1.54, 1.807) is 10.6 Å². The predicted octanol–water partition coefficient (Wildman–Crippen LogP) is 2.97. The number of nitrogens with zero attached hydrogens (tertiary/aromatic N) is 5. The quantitative estimate of drug-likeness (QED) is 0.683. The Hall–Kier alpha value is -3.37. The first-order valence-corrected chi connectivity index (χ1v) is 9.34. The SMILES string of the molecule is O=C(OCc1ccc(F)cc1)N1CCC(CNc2nccn3cnnc23)C(F)(F)C1. The summed E-state index contributed by atoms with van der Waals surface area (Å²) in [5, 5.41) is 10.6. The molecule has 0 radical (unpaired) electrons. The van der Waals surface area contributed by atoms with E-state index in [2.05, 4.69) is 20.5 Å². The first-order chi connectivity index (χ1) is 14.4. The van der Waals surface area contributed by atoms with Crippen LogP contribution in [0.25, 0.3) is 5.65 Å². The molecule has 158 valence electrons. The van der Waals surface area contributed by atoms with Gasteiger partial charge in [0.05, 0.1) is 6.54 Å². The lowest BCUT2D eigenvalue weighted by molar-refractivity contribution is -0.101. The van der Waals surface area contributed by atoms with Crippen molar-refractivity contribution in [1.82, 2.24) is 24.5 Å². The van der Waals surface area contributed by atoms with E-state index in [0.717, 1.165) is 4.90 Å². The van der Waals surface area contributed by atoms with Gasteiger partial charge in [-0.3, -0.25) is 4.40 Å². The molecular weight excluding hydrogens is 401 g/mol. The minimum Gasteiger partial charge on any atom is -0.445 e. The standard InChI is InChI=1S/C19H19F3N6O2/c20-15-3-1-13(2-4-15)10-30-18(29)27-7-5-14(19(21,22)11-27)9-24-16-17-26-25-12-28(17)8-6-23-16/h1-4,6,8,12,14H,5,7,9-11H2,(H,23,24). The Balaban J connectivity index is 1.32. The lowest BCUT2D eigenvalue weighted by atomic mass is 9.93. The van der Waals surface area contributed by atoms with Crippen molar-refractivity contribution in [3.05, 3.63) is 54.4 Å². The summed E-state index contributed by atoms with van der Waals surface area (Å²) in [6.45, 7) is -0.720.